The number of rotatable bonds is 1. The van der Waals surface area contributed by atoms with E-state index in [4.69, 9.17) is 11.1 Å². The van der Waals surface area contributed by atoms with Crippen molar-refractivity contribution in [1.29, 1.82) is 0 Å². The summed E-state index contributed by atoms with van der Waals surface area (Å²) in [5, 5.41) is 29.9. The summed E-state index contributed by atoms with van der Waals surface area (Å²) in [6.07, 6.45) is 5.51. The van der Waals surface area contributed by atoms with Gasteiger partial charge in [-0.25, -0.2) is 0 Å². The maximum Gasteiger partial charge on any atom is 1.00 e. The number of aromatic carboxylic acids is 1. The number of hydrogen-bond acceptors (Lipinski definition) is 5. The van der Waals surface area contributed by atoms with Gasteiger partial charge in [-0.15, -0.1) is 6.42 Å². The Labute approximate surface area is 154 Å². The van der Waals surface area contributed by atoms with Crippen LogP contribution in [0.25, 0.3) is 0 Å². The topological polar surface area (TPSA) is 89.8 Å². The minimum Gasteiger partial charge on any atom is -0.669 e. The summed E-state index contributed by atoms with van der Waals surface area (Å²) < 4.78 is 4.91. The number of terminal acetylenes is 1. The molecule has 1 aliphatic heterocycles. The monoisotopic (exact) mass is 278 g/mol. The van der Waals surface area contributed by atoms with Gasteiger partial charge in [0.05, 0.1) is 17.3 Å². The zero-order chi connectivity index (χ0) is 12.6. The van der Waals surface area contributed by atoms with Crippen molar-refractivity contribution in [2.24, 2.45) is 0 Å². The molecule has 5 nitrogen and oxygen atoms in total. The number of carbonyl (C=O) groups excluding carboxylic acids is 1. The third-order valence-electron chi connectivity index (χ3n) is 2.70. The van der Waals surface area contributed by atoms with Crippen LogP contribution in [0.2, 0.25) is 6.32 Å². The van der Waals surface area contributed by atoms with E-state index < -0.39 is 12.7 Å². The Balaban J connectivity index is 0.00000162. The number of carbonyl (C=O) groups is 1. The number of carboxylic acid groups (broad SMARTS) is 1. The molecule has 0 fully saturated rings. The van der Waals surface area contributed by atoms with Crippen molar-refractivity contribution in [2.45, 2.75) is 12.7 Å². The zero-order valence-electron chi connectivity index (χ0n) is 10.8. The summed E-state index contributed by atoms with van der Waals surface area (Å²) >= 11 is 0. The van der Waals surface area contributed by atoms with E-state index in [0.29, 0.717) is 12.0 Å². The maximum atomic E-state index is 11.0. The summed E-state index contributed by atoms with van der Waals surface area (Å²) in [6, 6.07) is 3.09. The van der Waals surface area contributed by atoms with E-state index in [1.807, 2.05) is 0 Å². The molecule has 2 rings (SSSR count). The van der Waals surface area contributed by atoms with Crippen LogP contribution in [0.5, 0.6) is 5.75 Å². The predicted molar refractivity (Wildman–Crippen MR) is 58.0 cm³/mol. The summed E-state index contributed by atoms with van der Waals surface area (Å²) in [5.41, 5.74) is 0.361. The average molecular weight is 278 g/mol. The number of carboxylic acids is 1. The first-order valence-electron chi connectivity index (χ1n) is 5.08. The van der Waals surface area contributed by atoms with Crippen LogP contribution in [0.15, 0.2) is 12.1 Å². The Morgan fingerprint density at radius 2 is 2.05 bits per heavy atom. The Morgan fingerprint density at radius 1 is 1.42 bits per heavy atom. The van der Waals surface area contributed by atoms with E-state index in [2.05, 4.69) is 5.92 Å². The van der Waals surface area contributed by atoms with Gasteiger partial charge >= 0.3 is 65.9 Å². The molecule has 0 amide bonds. The molecule has 0 saturated heterocycles. The maximum absolute atomic E-state index is 11.0. The van der Waals surface area contributed by atoms with Gasteiger partial charge in [-0.1, -0.05) is 18.3 Å². The molecule has 0 bridgehead atoms. The van der Waals surface area contributed by atoms with E-state index in [1.165, 1.54) is 6.07 Å². The van der Waals surface area contributed by atoms with Crippen molar-refractivity contribution in [3.8, 4) is 18.1 Å². The van der Waals surface area contributed by atoms with E-state index >= 15 is 0 Å². The molecule has 0 spiro atoms. The molecule has 0 aliphatic carbocycles. The smallest absolute Gasteiger partial charge is 0.669 e. The van der Waals surface area contributed by atoms with Crippen LogP contribution >= 0.6 is 0 Å². The molecule has 1 aromatic rings. The molecule has 8 heteroatoms. The van der Waals surface area contributed by atoms with Gasteiger partial charge in [-0.05, 0) is 18.1 Å². The predicted octanol–water partition coefficient (Wildman–Crippen LogP) is -7.10. The van der Waals surface area contributed by atoms with Crippen LogP contribution in [-0.4, -0.2) is 22.8 Å². The van der Waals surface area contributed by atoms with Crippen molar-refractivity contribution in [1.82, 2.24) is 0 Å². The van der Waals surface area contributed by atoms with Crippen molar-refractivity contribution in [2.75, 3.05) is 0 Å². The summed E-state index contributed by atoms with van der Waals surface area (Å²) in [7, 11) is 0. The van der Waals surface area contributed by atoms with Crippen LogP contribution in [-0.2, 0) is 6.42 Å². The molecule has 2 N–H and O–H groups in total. The number of aryl methyl sites for hydroxylation is 1. The second-order valence-corrected chi connectivity index (χ2v) is 3.92. The average Bonchev–Trinajstić information content (AvgIpc) is 2.25. The fourth-order valence-electron chi connectivity index (χ4n) is 1.87. The number of benzene rings is 1. The fourth-order valence-corrected chi connectivity index (χ4v) is 1.87. The SMILES string of the molecule is C#Cc1ccc2c(c1C(=O)[O-])O[B-](O)(O)CC2.[Na+].[Na+]. The minimum atomic E-state index is -3.02. The van der Waals surface area contributed by atoms with E-state index in [1.54, 1.807) is 6.07 Å². The molecular weight excluding hydrogens is 269 g/mol. The molecular formula is C11H9BNa2O5. The molecule has 0 radical (unpaired) electrons. The normalized spacial score (nSPS) is 14.8. The number of fused-ring (bicyclic) bond motifs is 1. The second kappa shape index (κ2) is 7.16. The van der Waals surface area contributed by atoms with Crippen LogP contribution in [0, 0.1) is 12.3 Å². The van der Waals surface area contributed by atoms with Gasteiger partial charge < -0.3 is 24.6 Å². The summed E-state index contributed by atoms with van der Waals surface area (Å²) in [4.78, 5) is 11.0. The van der Waals surface area contributed by atoms with Crippen LogP contribution in [0.1, 0.15) is 21.5 Å². The molecule has 1 aliphatic rings. The molecule has 19 heavy (non-hydrogen) atoms. The molecule has 1 heterocycles. The number of hydrogen-bond donors (Lipinski definition) is 2. The van der Waals surface area contributed by atoms with Crippen molar-refractivity contribution >= 4 is 12.7 Å². The third-order valence-corrected chi connectivity index (χ3v) is 2.70. The van der Waals surface area contributed by atoms with Crippen LogP contribution in [0.4, 0.5) is 0 Å². The quantitative estimate of drug-likeness (QED) is 0.393. The molecule has 1 aromatic carbocycles. The summed E-state index contributed by atoms with van der Waals surface area (Å²) in [5.74, 6) is 0.600. The Bertz CT molecular complexity index is 539. The largest absolute Gasteiger partial charge is 1.00 e. The van der Waals surface area contributed by atoms with Gasteiger partial charge in [0.1, 0.15) is 0 Å². The first-order valence-corrected chi connectivity index (χ1v) is 5.08. The van der Waals surface area contributed by atoms with Crippen LogP contribution < -0.4 is 68.9 Å². The van der Waals surface area contributed by atoms with Gasteiger partial charge in [0.2, 0.25) is 0 Å². The Hall–Kier alpha value is 0.0349. The van der Waals surface area contributed by atoms with Gasteiger partial charge in [0.25, 0.3) is 0 Å². The standard InChI is InChI=1S/C11H10BO5.2Na/c1-2-7-3-4-8-5-6-12(15,16)17-10(8)9(7)11(13)14;;/h1,3-4,15-16H,5-6H2,(H,13,14);;/q-1;2*+1/p-1. The second-order valence-electron chi connectivity index (χ2n) is 3.92. The minimum absolute atomic E-state index is 0. The van der Waals surface area contributed by atoms with Gasteiger partial charge in [-0.2, -0.15) is 0 Å². The summed E-state index contributed by atoms with van der Waals surface area (Å²) in [6.45, 7) is -3.02. The van der Waals surface area contributed by atoms with E-state index in [-0.39, 0.29) is 82.3 Å². The molecule has 0 saturated carbocycles. The molecule has 0 unspecified atom stereocenters. The van der Waals surface area contributed by atoms with Gasteiger partial charge in [0.15, 0.2) is 0 Å². The van der Waals surface area contributed by atoms with E-state index in [9.17, 15) is 19.9 Å². The Morgan fingerprint density at radius 3 is 2.58 bits per heavy atom. The molecule has 88 valence electrons. The van der Waals surface area contributed by atoms with Crippen molar-refractivity contribution in [3.05, 3.63) is 28.8 Å². The Kier molecular flexibility index (Phi) is 7.17. The van der Waals surface area contributed by atoms with Crippen molar-refractivity contribution < 1.29 is 83.7 Å². The van der Waals surface area contributed by atoms with Crippen molar-refractivity contribution in [3.63, 3.8) is 0 Å². The van der Waals surface area contributed by atoms with E-state index in [0.717, 1.165) is 0 Å². The first kappa shape index (κ1) is 19.0. The first-order chi connectivity index (χ1) is 7.94. The van der Waals surface area contributed by atoms with Gasteiger partial charge in [-0.3, -0.25) is 0 Å². The van der Waals surface area contributed by atoms with Gasteiger partial charge in [0, 0.05) is 5.56 Å². The van der Waals surface area contributed by atoms with Crippen LogP contribution in [0.3, 0.4) is 0 Å². The fraction of sp³-hybridized carbons (Fsp3) is 0.182. The zero-order valence-corrected chi connectivity index (χ0v) is 14.8. The molecule has 0 aromatic heterocycles. The molecule has 0 atom stereocenters. The third kappa shape index (κ3) is 4.00.